The van der Waals surface area contributed by atoms with Crippen molar-refractivity contribution in [3.05, 3.63) is 76.2 Å². The number of piperazine rings is 1. The summed E-state index contributed by atoms with van der Waals surface area (Å²) in [6, 6.07) is 15.3. The van der Waals surface area contributed by atoms with Gasteiger partial charge in [0, 0.05) is 48.9 Å². The largest absolute Gasteiger partial charge is 0.492 e. The fraction of sp³-hybridized carbons (Fsp3) is 0.370. The van der Waals surface area contributed by atoms with Gasteiger partial charge in [0.15, 0.2) is 0 Å². The molecule has 4 rings (SSSR count). The van der Waals surface area contributed by atoms with Gasteiger partial charge in [-0.05, 0) is 50.1 Å². The van der Waals surface area contributed by atoms with Crippen LogP contribution in [-0.2, 0) is 12.8 Å². The van der Waals surface area contributed by atoms with Gasteiger partial charge in [0.05, 0.1) is 12.3 Å². The van der Waals surface area contributed by atoms with E-state index in [1.807, 2.05) is 67.3 Å². The molecule has 1 saturated heterocycles. The molecule has 1 N–H and O–H groups in total. The van der Waals surface area contributed by atoms with Crippen molar-refractivity contribution in [3.63, 3.8) is 0 Å². The van der Waals surface area contributed by atoms with Crippen LogP contribution in [0.5, 0.6) is 5.75 Å². The van der Waals surface area contributed by atoms with E-state index in [2.05, 4.69) is 17.1 Å². The zero-order valence-corrected chi connectivity index (χ0v) is 21.3. The Balaban J connectivity index is 1.48. The first-order valence-corrected chi connectivity index (χ1v) is 12.5. The third-order valence-corrected chi connectivity index (χ3v) is 6.36. The second kappa shape index (κ2) is 11.4. The number of hydrogen-bond acceptors (Lipinski definition) is 5. The molecule has 0 spiro atoms. The van der Waals surface area contributed by atoms with Gasteiger partial charge in [0.2, 0.25) is 0 Å². The maximum Gasteiger partial charge on any atom is 0.322 e. The van der Waals surface area contributed by atoms with E-state index in [-0.39, 0.29) is 6.03 Å². The molecule has 3 aromatic rings. The molecule has 0 aliphatic carbocycles. The third kappa shape index (κ3) is 6.03. The molecule has 1 aliphatic heterocycles. The lowest BCUT2D eigenvalue weighted by atomic mass is 10.0. The Morgan fingerprint density at radius 2 is 1.74 bits per heavy atom. The van der Waals surface area contributed by atoms with Gasteiger partial charge in [0.25, 0.3) is 0 Å². The van der Waals surface area contributed by atoms with Gasteiger partial charge < -0.3 is 19.9 Å². The number of urea groups is 1. The molecule has 35 heavy (non-hydrogen) atoms. The zero-order valence-electron chi connectivity index (χ0n) is 20.6. The number of amides is 2. The summed E-state index contributed by atoms with van der Waals surface area (Å²) in [6.07, 6.45) is 1.58. The van der Waals surface area contributed by atoms with Gasteiger partial charge in [-0.1, -0.05) is 42.8 Å². The quantitative estimate of drug-likeness (QED) is 0.480. The van der Waals surface area contributed by atoms with Crippen LogP contribution in [0.3, 0.4) is 0 Å². The summed E-state index contributed by atoms with van der Waals surface area (Å²) in [6.45, 7) is 9.15. The van der Waals surface area contributed by atoms with Crippen LogP contribution in [0.25, 0.3) is 0 Å². The molecule has 2 heterocycles. The minimum absolute atomic E-state index is 0.119. The van der Waals surface area contributed by atoms with Gasteiger partial charge in [-0.3, -0.25) is 0 Å². The highest BCUT2D eigenvalue weighted by atomic mass is 35.5. The topological polar surface area (TPSA) is 70.6 Å². The third-order valence-electron chi connectivity index (χ3n) is 6.11. The predicted molar refractivity (Wildman–Crippen MR) is 141 cm³/mol. The highest BCUT2D eigenvalue weighted by molar-refractivity contribution is 6.30. The number of aryl methyl sites for hydroxylation is 2. The number of carbonyl (C=O) groups is 1. The van der Waals surface area contributed by atoms with Gasteiger partial charge in [0.1, 0.15) is 17.4 Å². The lowest BCUT2D eigenvalue weighted by molar-refractivity contribution is 0.208. The number of carbonyl (C=O) groups excluding carboxylic acids is 1. The number of nitrogens with zero attached hydrogens (tertiary/aromatic N) is 4. The Kier molecular flexibility index (Phi) is 8.08. The average molecular weight is 494 g/mol. The molecule has 0 saturated carbocycles. The van der Waals surface area contributed by atoms with E-state index in [1.165, 1.54) is 5.56 Å². The van der Waals surface area contributed by atoms with Crippen LogP contribution >= 0.6 is 11.6 Å². The second-order valence-corrected chi connectivity index (χ2v) is 8.95. The van der Waals surface area contributed by atoms with Crippen molar-refractivity contribution in [3.8, 4) is 5.75 Å². The van der Waals surface area contributed by atoms with Crippen molar-refractivity contribution in [2.45, 2.75) is 33.6 Å². The summed E-state index contributed by atoms with van der Waals surface area (Å²) in [5, 5.41) is 3.73. The number of nitrogens with one attached hydrogen (secondary N) is 1. The van der Waals surface area contributed by atoms with Crippen LogP contribution in [0, 0.1) is 6.92 Å². The van der Waals surface area contributed by atoms with E-state index in [1.54, 1.807) is 0 Å². The normalized spacial score (nSPS) is 13.6. The molecule has 0 unspecified atom stereocenters. The predicted octanol–water partition coefficient (Wildman–Crippen LogP) is 5.34. The van der Waals surface area contributed by atoms with E-state index in [9.17, 15) is 4.79 Å². The second-order valence-electron chi connectivity index (χ2n) is 8.51. The number of benzene rings is 2. The number of aromatic nitrogens is 2. The Morgan fingerprint density at radius 3 is 2.43 bits per heavy atom. The molecule has 0 bridgehead atoms. The minimum Gasteiger partial charge on any atom is -0.492 e. The van der Waals surface area contributed by atoms with Crippen LogP contribution in [0.1, 0.15) is 36.5 Å². The van der Waals surface area contributed by atoms with Crippen LogP contribution in [0.15, 0.2) is 48.5 Å². The van der Waals surface area contributed by atoms with Gasteiger partial charge in [-0.25, -0.2) is 14.8 Å². The number of ether oxygens (including phenoxy) is 1. The molecule has 0 atom stereocenters. The molecule has 8 heteroatoms. The van der Waals surface area contributed by atoms with E-state index < -0.39 is 0 Å². The number of anilines is 2. The fourth-order valence-electron chi connectivity index (χ4n) is 4.35. The van der Waals surface area contributed by atoms with Gasteiger partial charge in [-0.2, -0.15) is 0 Å². The number of hydrogen-bond donors (Lipinski definition) is 1. The molecular weight excluding hydrogens is 462 g/mol. The average Bonchev–Trinajstić information content (AvgIpc) is 2.87. The van der Waals surface area contributed by atoms with E-state index >= 15 is 0 Å². The first-order valence-electron chi connectivity index (χ1n) is 12.1. The van der Waals surface area contributed by atoms with Crippen molar-refractivity contribution in [2.24, 2.45) is 0 Å². The summed E-state index contributed by atoms with van der Waals surface area (Å²) in [5.74, 6) is 2.41. The number of para-hydroxylation sites is 2. The smallest absolute Gasteiger partial charge is 0.322 e. The van der Waals surface area contributed by atoms with Crippen molar-refractivity contribution < 1.29 is 9.53 Å². The Hall–Kier alpha value is -3.32. The van der Waals surface area contributed by atoms with Crippen LogP contribution in [-0.4, -0.2) is 53.7 Å². The van der Waals surface area contributed by atoms with Crippen molar-refractivity contribution in [1.82, 2.24) is 14.9 Å². The zero-order chi connectivity index (χ0) is 24.8. The molecule has 0 radical (unpaired) electrons. The lowest BCUT2D eigenvalue weighted by Gasteiger charge is -2.36. The first kappa shape index (κ1) is 24.8. The lowest BCUT2D eigenvalue weighted by Crippen LogP contribution is -2.50. The molecular formula is C27H32ClN5O2. The van der Waals surface area contributed by atoms with E-state index in [0.717, 1.165) is 40.8 Å². The molecule has 184 valence electrons. The van der Waals surface area contributed by atoms with Crippen molar-refractivity contribution in [1.29, 1.82) is 0 Å². The molecule has 7 nitrogen and oxygen atoms in total. The van der Waals surface area contributed by atoms with Gasteiger partial charge >= 0.3 is 6.03 Å². The van der Waals surface area contributed by atoms with E-state index in [0.29, 0.717) is 44.2 Å². The highest BCUT2D eigenvalue weighted by Gasteiger charge is 2.25. The summed E-state index contributed by atoms with van der Waals surface area (Å²) >= 11 is 6.08. The summed E-state index contributed by atoms with van der Waals surface area (Å²) < 4.78 is 5.64. The summed E-state index contributed by atoms with van der Waals surface area (Å²) in [5.41, 5.74) is 4.06. The monoisotopic (exact) mass is 493 g/mol. The summed E-state index contributed by atoms with van der Waals surface area (Å²) in [4.78, 5) is 26.6. The highest BCUT2D eigenvalue weighted by Crippen LogP contribution is 2.27. The SMILES string of the molecule is CCOc1ccccc1NC(=O)N1CCN(c2nc(C)nc(CC)c2Cc2ccc(Cl)cc2)CC1. The molecule has 1 fully saturated rings. The molecule has 1 aliphatic rings. The van der Waals surface area contributed by atoms with E-state index in [4.69, 9.17) is 26.3 Å². The summed E-state index contributed by atoms with van der Waals surface area (Å²) in [7, 11) is 0. The minimum atomic E-state index is -0.119. The first-order chi connectivity index (χ1) is 17.0. The maximum atomic E-state index is 13.0. The van der Waals surface area contributed by atoms with Crippen molar-refractivity contribution >= 4 is 29.1 Å². The Labute approximate surface area is 212 Å². The number of halogens is 1. The molecule has 2 amide bonds. The van der Waals surface area contributed by atoms with Crippen LogP contribution in [0.4, 0.5) is 16.3 Å². The Morgan fingerprint density at radius 1 is 1.03 bits per heavy atom. The van der Waals surface area contributed by atoms with Crippen LogP contribution in [0.2, 0.25) is 5.02 Å². The molecule has 1 aromatic heterocycles. The number of rotatable bonds is 7. The van der Waals surface area contributed by atoms with Crippen LogP contribution < -0.4 is 15.0 Å². The van der Waals surface area contributed by atoms with Gasteiger partial charge in [-0.15, -0.1) is 0 Å². The fourth-order valence-corrected chi connectivity index (χ4v) is 4.47. The molecule has 2 aromatic carbocycles. The Bertz CT molecular complexity index is 1160. The standard InChI is InChI=1S/C27H32ClN5O2/c1-4-23-22(18-20-10-12-21(28)13-11-20)26(30-19(3)29-23)32-14-16-33(17-15-32)27(34)31-24-8-6-7-9-25(24)35-5-2/h6-13H,4-5,14-18H2,1-3H3,(H,31,34). The van der Waals surface area contributed by atoms with Crippen molar-refractivity contribution in [2.75, 3.05) is 43.0 Å². The maximum absolute atomic E-state index is 13.0.